The fraction of sp³-hybridized carbons (Fsp3) is 0.652. The summed E-state index contributed by atoms with van der Waals surface area (Å²) in [5.41, 5.74) is -1.81. The van der Waals surface area contributed by atoms with Gasteiger partial charge < -0.3 is 55.6 Å². The fourth-order valence-corrected chi connectivity index (χ4v) is 12.3. The molecule has 11 amide bonds. The van der Waals surface area contributed by atoms with Gasteiger partial charge >= 0.3 is 6.18 Å². The molecule has 2 aromatic carbocycles. The first kappa shape index (κ1) is 78.4. The Labute approximate surface area is 556 Å². The molecule has 0 bridgehead atoms. The third-order valence-corrected chi connectivity index (χ3v) is 18.2. The highest BCUT2D eigenvalue weighted by atomic mass is 35.5. The molecule has 0 aromatic heterocycles. The highest BCUT2D eigenvalue weighted by molar-refractivity contribution is 6.31. The van der Waals surface area contributed by atoms with Crippen LogP contribution in [-0.4, -0.2) is 216 Å². The molecule has 8 atom stereocenters. The van der Waals surface area contributed by atoms with Crippen molar-refractivity contribution in [3.8, 4) is 0 Å². The van der Waals surface area contributed by atoms with Crippen LogP contribution in [0.25, 0.3) is 0 Å². The molecule has 4 rings (SSSR count). The predicted octanol–water partition coefficient (Wildman–Crippen LogP) is 5.97. The van der Waals surface area contributed by atoms with Crippen molar-refractivity contribution in [2.24, 2.45) is 23.7 Å². The Morgan fingerprint density at radius 2 is 1.14 bits per heavy atom. The third kappa shape index (κ3) is 21.5. The molecule has 1 saturated heterocycles. The van der Waals surface area contributed by atoms with Gasteiger partial charge in [-0.2, -0.15) is 13.2 Å². The van der Waals surface area contributed by atoms with E-state index in [1.165, 1.54) is 65.2 Å². The molecule has 1 spiro atoms. The van der Waals surface area contributed by atoms with Gasteiger partial charge in [-0.15, -0.1) is 0 Å². The highest BCUT2D eigenvalue weighted by Crippen LogP contribution is 2.36. The van der Waals surface area contributed by atoms with Gasteiger partial charge in [0.25, 0.3) is 0 Å². The minimum Gasteiger partial charge on any atom is -0.351 e. The minimum absolute atomic E-state index is 0.0495. The van der Waals surface area contributed by atoms with Gasteiger partial charge in [0.2, 0.25) is 65.0 Å². The third-order valence-electron chi connectivity index (χ3n) is 17.7. The second-order valence-electron chi connectivity index (χ2n) is 26.6. The Kier molecular flexibility index (Phi) is 29.0. The van der Waals surface area contributed by atoms with Gasteiger partial charge in [-0.1, -0.05) is 116 Å². The van der Waals surface area contributed by atoms with Gasteiger partial charge in [0.1, 0.15) is 41.8 Å². The van der Waals surface area contributed by atoms with E-state index >= 15 is 14.4 Å². The summed E-state index contributed by atoms with van der Waals surface area (Å²) in [7, 11) is 9.63. The quantitative estimate of drug-likeness (QED) is 0.192. The van der Waals surface area contributed by atoms with Crippen molar-refractivity contribution in [3.63, 3.8) is 0 Å². The summed E-state index contributed by atoms with van der Waals surface area (Å²) >= 11 is 12.3. The van der Waals surface area contributed by atoms with Crippen molar-refractivity contribution in [1.82, 2.24) is 55.6 Å². The lowest BCUT2D eigenvalue weighted by Gasteiger charge is -2.39. The van der Waals surface area contributed by atoms with Crippen molar-refractivity contribution in [2.75, 3.05) is 69.0 Å². The van der Waals surface area contributed by atoms with Crippen LogP contribution < -0.4 is 21.3 Å². The van der Waals surface area contributed by atoms with Crippen LogP contribution in [-0.2, 0) is 71.8 Å². The number of hydrogen-bond acceptors (Lipinski definition) is 11. The molecule has 93 heavy (non-hydrogen) atoms. The monoisotopic (exact) mass is 1350 g/mol. The Morgan fingerprint density at radius 1 is 0.591 bits per heavy atom. The molecule has 1 aliphatic heterocycles. The largest absolute Gasteiger partial charge is 0.417 e. The number of aryl methyl sites for hydroxylation is 1. The van der Waals surface area contributed by atoms with Crippen LogP contribution in [0.2, 0.25) is 10.0 Å². The number of likely N-dealkylation sites (N-methyl/N-ethyl adjacent to an activating group) is 7. The summed E-state index contributed by atoms with van der Waals surface area (Å²) in [5, 5.41) is 11.2. The van der Waals surface area contributed by atoms with E-state index in [1.54, 1.807) is 52.0 Å². The Balaban J connectivity index is 1.86. The second kappa shape index (κ2) is 34.4. The highest BCUT2D eigenvalue weighted by Gasteiger charge is 2.48. The normalized spacial score (nSPS) is 24.1. The average Bonchev–Trinajstić information content (AvgIpc) is 1.77. The zero-order valence-electron chi connectivity index (χ0n) is 56.8. The maximum atomic E-state index is 15.2. The first-order valence-electron chi connectivity index (χ1n) is 31.9. The molecule has 27 heteroatoms. The van der Waals surface area contributed by atoms with Gasteiger partial charge in [-0.3, -0.25) is 52.7 Å². The number of nitrogens with one attached hydrogen (secondary N) is 4. The summed E-state index contributed by atoms with van der Waals surface area (Å²) in [6.45, 7) is 14.2. The Morgan fingerprint density at radius 3 is 1.68 bits per heavy atom. The fourth-order valence-electron chi connectivity index (χ4n) is 11.9. The van der Waals surface area contributed by atoms with Gasteiger partial charge in [0.15, 0.2) is 0 Å². The van der Waals surface area contributed by atoms with Crippen LogP contribution in [0.5, 0.6) is 0 Å². The Hall–Kier alpha value is -7.02. The number of halogens is 5. The van der Waals surface area contributed by atoms with Crippen LogP contribution in [0.3, 0.4) is 0 Å². The van der Waals surface area contributed by atoms with Crippen molar-refractivity contribution in [3.05, 3.63) is 69.2 Å². The van der Waals surface area contributed by atoms with Crippen LogP contribution in [0.15, 0.2) is 42.5 Å². The molecule has 2 aliphatic rings. The smallest absolute Gasteiger partial charge is 0.351 e. The first-order chi connectivity index (χ1) is 43.2. The van der Waals surface area contributed by atoms with E-state index in [-0.39, 0.29) is 68.8 Å². The number of alkyl halides is 3. The van der Waals surface area contributed by atoms with E-state index in [4.69, 9.17) is 23.2 Å². The van der Waals surface area contributed by atoms with Crippen LogP contribution in [0.4, 0.5) is 13.2 Å². The standard InChI is InChI=1S/C66H98Cl2F3N11O11/c1-17-41(8)56-63(92)78(12)36-54(85)76(10)37-55(86)79(13)51(34-44-20-24-45(67)25-21-44)62(91)77(11)35-52(83)73-48(27-23-43-22-26-46(47(68)33-43)66(69,70)71)61(90)80(14)50(31-39(4)5)59(88)75-65(28-18-19-29-65)64(93)81(15)49(30-38(2)3)58(87)72-42(9)32-53(84)82(16)57(40(6)7)60(89)74-56/h20-22,24-26,33,38-42,48-51,56-57H,17-19,23,27-32,34-37H2,1-16H3,(H,72,87)(H,73,83)(H,74,89)(H,75,88)/t41-,42+,48-,49-,50+,51-,56-,57-/m0/s1. The summed E-state index contributed by atoms with van der Waals surface area (Å²) < 4.78 is 41.4. The van der Waals surface area contributed by atoms with Crippen LogP contribution >= 0.6 is 23.2 Å². The van der Waals surface area contributed by atoms with Crippen molar-refractivity contribution in [2.45, 2.75) is 187 Å². The SMILES string of the molecule is CC[C@H](C)[C@@H]1NC(=O)[C@H](C(C)C)N(C)C(=O)C[C@@H](C)NC(=O)[C@H](CC(C)C)N(C)C(=O)C2(CCCC2)NC(=O)[C@@H](CC(C)C)N(C)C(=O)[C@H](CCc2ccc(C(F)(F)F)c(Cl)c2)NC(=O)CN(C)C(=O)[C@H](Cc2ccc(Cl)cc2)N(C)C(=O)CN(C)C(=O)CN(C)C1=O. The Bertz CT molecular complexity index is 3000. The molecular weight excluding hydrogens is 1250 g/mol. The van der Waals surface area contributed by atoms with E-state index in [2.05, 4.69) is 21.3 Å². The summed E-state index contributed by atoms with van der Waals surface area (Å²) in [4.78, 5) is 168. The summed E-state index contributed by atoms with van der Waals surface area (Å²) in [5.74, 6) is -8.82. The molecular formula is C66H98Cl2F3N11O11. The molecule has 2 aromatic rings. The molecule has 0 unspecified atom stereocenters. The minimum atomic E-state index is -4.77. The topological polar surface area (TPSA) is 259 Å². The molecule has 0 radical (unpaired) electrons. The van der Waals surface area contributed by atoms with Crippen LogP contribution in [0, 0.1) is 23.7 Å². The van der Waals surface area contributed by atoms with Gasteiger partial charge in [0.05, 0.1) is 30.2 Å². The number of nitrogens with zero attached hydrogens (tertiary/aromatic N) is 7. The van der Waals surface area contributed by atoms with E-state index < -0.39 is 161 Å². The summed E-state index contributed by atoms with van der Waals surface area (Å²) in [6, 6.07) is 1.24. The molecule has 1 saturated carbocycles. The number of rotatable bonds is 12. The number of carbonyl (C=O) groups is 11. The van der Waals surface area contributed by atoms with Crippen molar-refractivity contribution in [1.29, 1.82) is 0 Å². The average molecular weight is 1350 g/mol. The number of carbonyl (C=O) groups excluding carboxylic acids is 11. The lowest BCUT2D eigenvalue weighted by Crippen LogP contribution is -2.64. The van der Waals surface area contributed by atoms with Gasteiger partial charge in [0, 0.05) is 73.2 Å². The van der Waals surface area contributed by atoms with E-state index in [1.807, 2.05) is 34.6 Å². The molecule has 518 valence electrons. The van der Waals surface area contributed by atoms with Crippen LogP contribution in [0.1, 0.15) is 137 Å². The lowest BCUT2D eigenvalue weighted by atomic mass is 9.91. The predicted molar refractivity (Wildman–Crippen MR) is 348 cm³/mol. The van der Waals surface area contributed by atoms with E-state index in [0.717, 1.165) is 36.6 Å². The zero-order valence-corrected chi connectivity index (χ0v) is 58.3. The lowest BCUT2D eigenvalue weighted by molar-refractivity contribution is -0.149. The van der Waals surface area contributed by atoms with Gasteiger partial charge in [-0.05, 0) is 105 Å². The molecule has 4 N–H and O–H groups in total. The van der Waals surface area contributed by atoms with Crippen molar-refractivity contribution >= 4 is 88.2 Å². The molecule has 2 fully saturated rings. The number of amides is 11. The maximum Gasteiger partial charge on any atom is 0.417 e. The maximum absolute atomic E-state index is 15.2. The number of benzene rings is 2. The van der Waals surface area contributed by atoms with Crippen molar-refractivity contribution < 1.29 is 65.9 Å². The second-order valence-corrected chi connectivity index (χ2v) is 27.4. The zero-order chi connectivity index (χ0) is 70.3. The molecule has 1 aliphatic carbocycles. The summed E-state index contributed by atoms with van der Waals surface area (Å²) in [6.07, 6.45) is -3.49. The van der Waals surface area contributed by atoms with E-state index in [9.17, 15) is 51.5 Å². The van der Waals surface area contributed by atoms with E-state index in [0.29, 0.717) is 29.8 Å². The first-order valence-corrected chi connectivity index (χ1v) is 32.6. The number of hydrogen-bond donors (Lipinski definition) is 4. The molecule has 1 heterocycles. The van der Waals surface area contributed by atoms with Gasteiger partial charge in [-0.25, -0.2) is 0 Å². The molecule has 22 nitrogen and oxygen atoms in total.